The number of anilines is 3. The third kappa shape index (κ3) is 5.48. The van der Waals surface area contributed by atoms with Crippen LogP contribution in [0.3, 0.4) is 0 Å². The smallest absolute Gasteiger partial charge is 0.255 e. The van der Waals surface area contributed by atoms with Gasteiger partial charge in [-0.2, -0.15) is 0 Å². The van der Waals surface area contributed by atoms with E-state index < -0.39 is 0 Å². The number of imidazole rings is 1. The number of hydrogen-bond donors (Lipinski definition) is 2. The molecule has 35 heavy (non-hydrogen) atoms. The van der Waals surface area contributed by atoms with Crippen molar-refractivity contribution in [2.75, 3.05) is 10.6 Å². The van der Waals surface area contributed by atoms with Gasteiger partial charge in [0.2, 0.25) is 0 Å². The number of rotatable bonds is 7. The highest BCUT2D eigenvalue weighted by Gasteiger charge is 2.09. The van der Waals surface area contributed by atoms with Crippen molar-refractivity contribution in [2.45, 2.75) is 0 Å². The van der Waals surface area contributed by atoms with Crippen molar-refractivity contribution in [3.63, 3.8) is 0 Å². The van der Waals surface area contributed by atoms with Crippen molar-refractivity contribution in [1.82, 2.24) is 19.5 Å². The molecule has 5 aromatic rings. The van der Waals surface area contributed by atoms with Crippen LogP contribution in [0.4, 0.5) is 21.6 Å². The summed E-state index contributed by atoms with van der Waals surface area (Å²) in [6.07, 6.45) is 6.61. The molecule has 0 aliphatic carbocycles. The van der Waals surface area contributed by atoms with Crippen molar-refractivity contribution >= 4 is 23.1 Å². The topological polar surface area (TPSA) is 94.0 Å². The number of carbonyl (C=O) groups is 1. The van der Waals surface area contributed by atoms with Crippen LogP contribution in [-0.2, 0) is 0 Å². The highest BCUT2D eigenvalue weighted by Crippen LogP contribution is 2.24. The number of carbonyl (C=O) groups excluding carboxylic acids is 1. The van der Waals surface area contributed by atoms with Gasteiger partial charge in [0.15, 0.2) is 0 Å². The van der Waals surface area contributed by atoms with E-state index in [1.54, 1.807) is 65.8 Å². The van der Waals surface area contributed by atoms with E-state index in [0.717, 1.165) is 5.69 Å². The van der Waals surface area contributed by atoms with E-state index in [1.807, 2.05) is 12.1 Å². The molecule has 0 radical (unpaired) electrons. The Bertz CT molecular complexity index is 1440. The minimum absolute atomic E-state index is 0.281. The standard InChI is InChI=1S/C26H19FN6O2/c27-19-4-10-22(11-5-19)35-23-3-1-2-18(14-23)26(34)32-21-8-6-20(7-9-21)31-24-15-25(30-16-29-24)33-13-12-28-17-33/h1-17H,(H,32,34)(H,29,30,31). The Morgan fingerprint density at radius 1 is 0.886 bits per heavy atom. The molecule has 0 unspecified atom stereocenters. The Morgan fingerprint density at radius 3 is 2.46 bits per heavy atom. The van der Waals surface area contributed by atoms with E-state index in [1.165, 1.54) is 30.6 Å². The summed E-state index contributed by atoms with van der Waals surface area (Å²) in [6, 6.07) is 21.5. The molecule has 0 fully saturated rings. The summed E-state index contributed by atoms with van der Waals surface area (Å²) in [4.78, 5) is 25.2. The minimum atomic E-state index is -0.344. The summed E-state index contributed by atoms with van der Waals surface area (Å²) in [5.74, 6) is 1.64. The molecular weight excluding hydrogens is 447 g/mol. The van der Waals surface area contributed by atoms with E-state index in [0.29, 0.717) is 34.4 Å². The first-order valence-corrected chi connectivity index (χ1v) is 10.6. The Labute approximate surface area is 200 Å². The van der Waals surface area contributed by atoms with Crippen molar-refractivity contribution in [3.05, 3.63) is 115 Å². The number of benzene rings is 3. The fourth-order valence-corrected chi connectivity index (χ4v) is 3.28. The molecule has 5 rings (SSSR count). The molecule has 0 spiro atoms. The molecule has 2 heterocycles. The minimum Gasteiger partial charge on any atom is -0.457 e. The monoisotopic (exact) mass is 466 g/mol. The lowest BCUT2D eigenvalue weighted by atomic mass is 10.2. The van der Waals surface area contributed by atoms with E-state index in [4.69, 9.17) is 4.74 Å². The summed E-state index contributed by atoms with van der Waals surface area (Å²) in [5.41, 5.74) is 1.86. The zero-order valence-electron chi connectivity index (χ0n) is 18.3. The van der Waals surface area contributed by atoms with Crippen molar-refractivity contribution < 1.29 is 13.9 Å². The number of ether oxygens (including phenoxy) is 1. The number of nitrogens with one attached hydrogen (secondary N) is 2. The molecule has 9 heteroatoms. The van der Waals surface area contributed by atoms with E-state index in [2.05, 4.69) is 25.6 Å². The maximum absolute atomic E-state index is 13.1. The lowest BCUT2D eigenvalue weighted by molar-refractivity contribution is 0.102. The fraction of sp³-hybridized carbons (Fsp3) is 0. The van der Waals surface area contributed by atoms with E-state index >= 15 is 0 Å². The first-order chi connectivity index (χ1) is 17.1. The predicted molar refractivity (Wildman–Crippen MR) is 130 cm³/mol. The van der Waals surface area contributed by atoms with Crippen LogP contribution in [0.1, 0.15) is 10.4 Å². The highest BCUT2D eigenvalue weighted by molar-refractivity contribution is 6.04. The summed E-state index contributed by atoms with van der Waals surface area (Å²) in [6.45, 7) is 0. The van der Waals surface area contributed by atoms with Gasteiger partial charge in [-0.3, -0.25) is 9.36 Å². The Morgan fingerprint density at radius 2 is 1.69 bits per heavy atom. The van der Waals surface area contributed by atoms with Gasteiger partial charge in [0.25, 0.3) is 5.91 Å². The first-order valence-electron chi connectivity index (χ1n) is 10.6. The predicted octanol–water partition coefficient (Wildman–Crippen LogP) is 5.59. The summed E-state index contributed by atoms with van der Waals surface area (Å²) < 4.78 is 20.6. The molecular formula is C26H19FN6O2. The van der Waals surface area contributed by atoms with Crippen LogP contribution < -0.4 is 15.4 Å². The van der Waals surface area contributed by atoms with Gasteiger partial charge in [-0.1, -0.05) is 6.07 Å². The second-order valence-electron chi connectivity index (χ2n) is 7.47. The Kier molecular flexibility index (Phi) is 6.12. The van der Waals surface area contributed by atoms with Crippen molar-refractivity contribution in [2.24, 2.45) is 0 Å². The van der Waals surface area contributed by atoms with E-state index in [9.17, 15) is 9.18 Å². The normalized spacial score (nSPS) is 10.5. The molecule has 8 nitrogen and oxygen atoms in total. The van der Waals surface area contributed by atoms with Crippen LogP contribution in [0, 0.1) is 5.82 Å². The zero-order valence-corrected chi connectivity index (χ0v) is 18.3. The Balaban J connectivity index is 1.22. The van der Waals surface area contributed by atoms with Crippen LogP contribution in [0.2, 0.25) is 0 Å². The van der Waals surface area contributed by atoms with Crippen LogP contribution in [0.15, 0.2) is 104 Å². The molecule has 0 atom stereocenters. The van der Waals surface area contributed by atoms with Gasteiger partial charge in [0, 0.05) is 35.4 Å². The first kappa shape index (κ1) is 21.8. The fourth-order valence-electron chi connectivity index (χ4n) is 3.28. The van der Waals surface area contributed by atoms with Crippen molar-refractivity contribution in [3.8, 4) is 17.3 Å². The summed E-state index contributed by atoms with van der Waals surface area (Å²) >= 11 is 0. The number of nitrogens with zero attached hydrogens (tertiary/aromatic N) is 4. The van der Waals surface area contributed by atoms with Gasteiger partial charge in [-0.15, -0.1) is 0 Å². The second-order valence-corrected chi connectivity index (χ2v) is 7.47. The quantitative estimate of drug-likeness (QED) is 0.325. The average Bonchev–Trinajstić information content (AvgIpc) is 3.42. The third-order valence-electron chi connectivity index (χ3n) is 4.98. The lowest BCUT2D eigenvalue weighted by Crippen LogP contribution is -2.11. The average molecular weight is 466 g/mol. The molecule has 0 aliphatic heterocycles. The molecule has 0 bridgehead atoms. The van der Waals surface area contributed by atoms with E-state index in [-0.39, 0.29) is 11.7 Å². The molecule has 2 N–H and O–H groups in total. The molecule has 0 saturated carbocycles. The Hall–Kier alpha value is -5.05. The van der Waals surface area contributed by atoms with Gasteiger partial charge in [-0.05, 0) is 66.7 Å². The number of halogens is 1. The van der Waals surface area contributed by atoms with Gasteiger partial charge in [0.05, 0.1) is 0 Å². The maximum Gasteiger partial charge on any atom is 0.255 e. The van der Waals surface area contributed by atoms with Gasteiger partial charge in [0.1, 0.15) is 41.6 Å². The van der Waals surface area contributed by atoms with Gasteiger partial charge < -0.3 is 15.4 Å². The SMILES string of the molecule is O=C(Nc1ccc(Nc2cc(-n3ccnc3)ncn2)cc1)c1cccc(Oc2ccc(F)cc2)c1. The summed E-state index contributed by atoms with van der Waals surface area (Å²) in [5, 5.41) is 6.08. The highest BCUT2D eigenvalue weighted by atomic mass is 19.1. The molecule has 3 aromatic carbocycles. The van der Waals surface area contributed by atoms with Crippen LogP contribution in [-0.4, -0.2) is 25.4 Å². The maximum atomic E-state index is 13.1. The van der Waals surface area contributed by atoms with Crippen LogP contribution in [0.25, 0.3) is 5.82 Å². The van der Waals surface area contributed by atoms with Gasteiger partial charge >= 0.3 is 0 Å². The zero-order chi connectivity index (χ0) is 24.0. The number of hydrogen-bond acceptors (Lipinski definition) is 6. The molecule has 2 aromatic heterocycles. The van der Waals surface area contributed by atoms with Crippen molar-refractivity contribution in [1.29, 1.82) is 0 Å². The number of amides is 1. The summed E-state index contributed by atoms with van der Waals surface area (Å²) in [7, 11) is 0. The second kappa shape index (κ2) is 9.84. The lowest BCUT2D eigenvalue weighted by Gasteiger charge is -2.10. The van der Waals surface area contributed by atoms with Crippen LogP contribution in [0.5, 0.6) is 11.5 Å². The van der Waals surface area contributed by atoms with Gasteiger partial charge in [-0.25, -0.2) is 19.3 Å². The molecule has 172 valence electrons. The molecule has 0 saturated heterocycles. The number of aromatic nitrogens is 4. The van der Waals surface area contributed by atoms with Crippen LogP contribution >= 0.6 is 0 Å². The third-order valence-corrected chi connectivity index (χ3v) is 4.98. The molecule has 0 aliphatic rings. The molecule has 1 amide bonds. The largest absolute Gasteiger partial charge is 0.457 e.